The summed E-state index contributed by atoms with van der Waals surface area (Å²) < 4.78 is 6.97. The van der Waals surface area contributed by atoms with Gasteiger partial charge < -0.3 is 10.1 Å². The van der Waals surface area contributed by atoms with Gasteiger partial charge in [-0.1, -0.05) is 41.1 Å². The largest absolute Gasteiger partial charge is 0.491 e. The Morgan fingerprint density at radius 2 is 1.90 bits per heavy atom. The first-order valence-electron chi connectivity index (χ1n) is 7.32. The van der Waals surface area contributed by atoms with Crippen molar-refractivity contribution < 1.29 is 4.74 Å². The monoisotopic (exact) mass is 347 g/mol. The second-order valence-electron chi connectivity index (χ2n) is 5.29. The molecule has 0 atom stereocenters. The second-order valence-corrected chi connectivity index (χ2v) is 6.14. The van der Waals surface area contributed by atoms with Crippen molar-refractivity contribution in [2.45, 2.75) is 33.7 Å². The number of rotatable bonds is 6. The molecular weight excluding hydrogens is 326 g/mol. The first kappa shape index (κ1) is 15.9. The van der Waals surface area contributed by atoms with Gasteiger partial charge in [0.2, 0.25) is 0 Å². The Hall–Kier alpha value is -1.48. The lowest BCUT2D eigenvalue weighted by Crippen LogP contribution is -2.04. The van der Waals surface area contributed by atoms with E-state index < -0.39 is 0 Å². The first-order valence-corrected chi connectivity index (χ1v) is 8.12. The average Bonchev–Trinajstić information content (AvgIpc) is 2.47. The Labute approximate surface area is 135 Å². The number of hydrogen-bond acceptors (Lipinski definition) is 2. The van der Waals surface area contributed by atoms with Crippen LogP contribution in [0, 0.1) is 13.8 Å². The molecule has 0 aliphatic rings. The predicted octanol–water partition coefficient (Wildman–Crippen LogP) is 5.47. The minimum Gasteiger partial charge on any atom is -0.491 e. The lowest BCUT2D eigenvalue weighted by molar-refractivity contribution is 0.318. The van der Waals surface area contributed by atoms with E-state index in [2.05, 4.69) is 78.4 Å². The lowest BCUT2D eigenvalue weighted by Gasteiger charge is -2.14. The number of benzene rings is 2. The van der Waals surface area contributed by atoms with Gasteiger partial charge in [0.15, 0.2) is 0 Å². The molecule has 2 aromatic carbocycles. The van der Waals surface area contributed by atoms with Gasteiger partial charge in [-0.15, -0.1) is 0 Å². The third kappa shape index (κ3) is 4.50. The molecule has 2 nitrogen and oxygen atoms in total. The average molecular weight is 348 g/mol. The molecule has 112 valence electrons. The van der Waals surface area contributed by atoms with E-state index in [1.54, 1.807) is 0 Å². The van der Waals surface area contributed by atoms with E-state index in [1.165, 1.54) is 16.7 Å². The highest BCUT2D eigenvalue weighted by molar-refractivity contribution is 9.10. The van der Waals surface area contributed by atoms with Crippen LogP contribution in [0.5, 0.6) is 5.75 Å². The van der Waals surface area contributed by atoms with E-state index in [0.717, 1.165) is 35.5 Å². The fourth-order valence-corrected chi connectivity index (χ4v) is 2.48. The maximum atomic E-state index is 5.83. The van der Waals surface area contributed by atoms with Crippen molar-refractivity contribution in [3.8, 4) is 5.75 Å². The van der Waals surface area contributed by atoms with E-state index >= 15 is 0 Å². The van der Waals surface area contributed by atoms with Crippen LogP contribution in [0.1, 0.15) is 30.0 Å². The first-order chi connectivity index (χ1) is 10.1. The Balaban J connectivity index is 2.09. The standard InChI is InChI=1S/C18H22BrNO/c1-4-9-21-18-10-13(2)5-8-17(18)20-12-15-7-6-14(3)16(19)11-15/h5-8,10-11,20H,4,9,12H2,1-3H3. The molecule has 0 aromatic heterocycles. The smallest absolute Gasteiger partial charge is 0.142 e. The maximum absolute atomic E-state index is 5.83. The summed E-state index contributed by atoms with van der Waals surface area (Å²) >= 11 is 3.58. The fraction of sp³-hybridized carbons (Fsp3) is 0.333. The van der Waals surface area contributed by atoms with Crippen molar-refractivity contribution in [1.82, 2.24) is 0 Å². The molecular formula is C18H22BrNO. The van der Waals surface area contributed by atoms with Crippen LogP contribution < -0.4 is 10.1 Å². The third-order valence-corrected chi connectivity index (χ3v) is 4.17. The molecule has 0 amide bonds. The minimum absolute atomic E-state index is 0.744. The van der Waals surface area contributed by atoms with Crippen molar-refractivity contribution in [1.29, 1.82) is 0 Å². The molecule has 0 aliphatic carbocycles. The Morgan fingerprint density at radius 3 is 2.62 bits per heavy atom. The van der Waals surface area contributed by atoms with Crippen LogP contribution in [0.4, 0.5) is 5.69 Å². The van der Waals surface area contributed by atoms with E-state index in [0.29, 0.717) is 0 Å². The quantitative estimate of drug-likeness (QED) is 0.748. The van der Waals surface area contributed by atoms with Crippen LogP contribution in [-0.4, -0.2) is 6.61 Å². The number of nitrogens with one attached hydrogen (secondary N) is 1. The van der Waals surface area contributed by atoms with Gasteiger partial charge in [-0.05, 0) is 55.2 Å². The molecule has 0 heterocycles. The molecule has 0 saturated carbocycles. The summed E-state index contributed by atoms with van der Waals surface area (Å²) in [6.07, 6.45) is 1.01. The highest BCUT2D eigenvalue weighted by Gasteiger charge is 2.05. The summed E-state index contributed by atoms with van der Waals surface area (Å²) in [5.41, 5.74) is 4.76. The molecule has 2 aromatic rings. The molecule has 2 rings (SSSR count). The van der Waals surface area contributed by atoms with Gasteiger partial charge in [-0.25, -0.2) is 0 Å². The van der Waals surface area contributed by atoms with Crippen LogP contribution >= 0.6 is 15.9 Å². The van der Waals surface area contributed by atoms with Gasteiger partial charge in [0.25, 0.3) is 0 Å². The van der Waals surface area contributed by atoms with Crippen molar-refractivity contribution in [2.75, 3.05) is 11.9 Å². The Morgan fingerprint density at radius 1 is 1.10 bits per heavy atom. The molecule has 0 unspecified atom stereocenters. The van der Waals surface area contributed by atoms with Crippen LogP contribution in [0.2, 0.25) is 0 Å². The molecule has 0 aliphatic heterocycles. The van der Waals surface area contributed by atoms with Gasteiger partial charge in [0.05, 0.1) is 12.3 Å². The van der Waals surface area contributed by atoms with Gasteiger partial charge in [-0.2, -0.15) is 0 Å². The summed E-state index contributed by atoms with van der Waals surface area (Å²) in [5.74, 6) is 0.933. The SMILES string of the molecule is CCCOc1cc(C)ccc1NCc1ccc(C)c(Br)c1. The molecule has 3 heteroatoms. The molecule has 0 saturated heterocycles. The molecule has 21 heavy (non-hydrogen) atoms. The summed E-state index contributed by atoms with van der Waals surface area (Å²) in [4.78, 5) is 0. The van der Waals surface area contributed by atoms with Crippen LogP contribution in [0.3, 0.4) is 0 Å². The predicted molar refractivity (Wildman–Crippen MR) is 93.2 cm³/mol. The van der Waals surface area contributed by atoms with Crippen LogP contribution in [0.15, 0.2) is 40.9 Å². The highest BCUT2D eigenvalue weighted by Crippen LogP contribution is 2.27. The number of hydrogen-bond donors (Lipinski definition) is 1. The Bertz CT molecular complexity index is 610. The molecule has 1 N–H and O–H groups in total. The minimum atomic E-state index is 0.744. The fourth-order valence-electron chi connectivity index (χ4n) is 2.05. The normalized spacial score (nSPS) is 10.5. The molecule has 0 fully saturated rings. The number of ether oxygens (including phenoxy) is 1. The van der Waals surface area contributed by atoms with Gasteiger partial charge in [0.1, 0.15) is 5.75 Å². The highest BCUT2D eigenvalue weighted by atomic mass is 79.9. The van der Waals surface area contributed by atoms with Crippen LogP contribution in [0.25, 0.3) is 0 Å². The summed E-state index contributed by atoms with van der Waals surface area (Å²) in [6, 6.07) is 12.7. The van der Waals surface area contributed by atoms with Gasteiger partial charge in [-0.3, -0.25) is 0 Å². The van der Waals surface area contributed by atoms with Crippen LogP contribution in [-0.2, 0) is 6.54 Å². The molecule has 0 spiro atoms. The number of aryl methyl sites for hydroxylation is 2. The molecule has 0 radical (unpaired) electrons. The zero-order chi connectivity index (χ0) is 15.2. The summed E-state index contributed by atoms with van der Waals surface area (Å²) in [7, 11) is 0. The maximum Gasteiger partial charge on any atom is 0.142 e. The van der Waals surface area contributed by atoms with Gasteiger partial charge in [0, 0.05) is 11.0 Å². The van der Waals surface area contributed by atoms with Crippen molar-refractivity contribution in [3.05, 3.63) is 57.6 Å². The second kappa shape index (κ2) is 7.51. The van der Waals surface area contributed by atoms with Crippen molar-refractivity contribution >= 4 is 21.6 Å². The lowest BCUT2D eigenvalue weighted by atomic mass is 10.1. The van der Waals surface area contributed by atoms with E-state index in [1.807, 2.05) is 0 Å². The van der Waals surface area contributed by atoms with E-state index in [4.69, 9.17) is 4.74 Å². The number of anilines is 1. The Kier molecular flexibility index (Phi) is 5.68. The van der Waals surface area contributed by atoms with E-state index in [9.17, 15) is 0 Å². The number of halogens is 1. The van der Waals surface area contributed by atoms with Gasteiger partial charge >= 0.3 is 0 Å². The zero-order valence-electron chi connectivity index (χ0n) is 12.9. The summed E-state index contributed by atoms with van der Waals surface area (Å²) in [6.45, 7) is 7.82. The third-order valence-electron chi connectivity index (χ3n) is 3.32. The van der Waals surface area contributed by atoms with E-state index in [-0.39, 0.29) is 0 Å². The zero-order valence-corrected chi connectivity index (χ0v) is 14.5. The van der Waals surface area contributed by atoms with Crippen molar-refractivity contribution in [3.63, 3.8) is 0 Å². The topological polar surface area (TPSA) is 21.3 Å². The van der Waals surface area contributed by atoms with Crippen molar-refractivity contribution in [2.24, 2.45) is 0 Å². The summed E-state index contributed by atoms with van der Waals surface area (Å²) in [5, 5.41) is 3.47. The molecule has 0 bridgehead atoms.